The quantitative estimate of drug-likeness (QED) is 0.504. The lowest BCUT2D eigenvalue weighted by Gasteiger charge is -1.99. The van der Waals surface area contributed by atoms with Crippen LogP contribution in [0.25, 0.3) is 0 Å². The summed E-state index contributed by atoms with van der Waals surface area (Å²) >= 11 is 0. The number of rotatable bonds is 2. The van der Waals surface area contributed by atoms with Gasteiger partial charge in [0.15, 0.2) is 6.20 Å². The number of pyridine rings is 1. The number of nitrogen functional groups attached to an aromatic ring is 2. The number of nitrogens with two attached hydrogens (primary N) is 2. The molecule has 1 rings (SSSR count). The topological polar surface area (TPSA) is 151 Å². The first kappa shape index (κ1) is 9.64. The summed E-state index contributed by atoms with van der Waals surface area (Å²) in [5.41, 5.74) is 8.93. The maximum Gasteiger partial charge on any atom is 0.444 e. The van der Waals surface area contributed by atoms with Crippen molar-refractivity contribution in [3.63, 3.8) is 0 Å². The molecule has 4 N–H and O–H groups in total. The van der Waals surface area contributed by atoms with Gasteiger partial charge in [0, 0.05) is 0 Å². The number of anilines is 2. The molecule has 74 valence electrons. The standard InChI is InChI=1S/C5H5N5O4/c6-2-1-8-5(10(13)14)4(3(2)7)9(11)12/h1H,6H2,(H2,7,8). The maximum atomic E-state index is 10.4. The summed E-state index contributed by atoms with van der Waals surface area (Å²) in [5, 5.41) is 20.8. The predicted octanol–water partition coefficient (Wildman–Crippen LogP) is 0.0624. The van der Waals surface area contributed by atoms with E-state index in [4.69, 9.17) is 11.5 Å². The Hall–Kier alpha value is -2.45. The summed E-state index contributed by atoms with van der Waals surface area (Å²) in [6, 6.07) is 0. The molecule has 0 bridgehead atoms. The molecule has 0 amide bonds. The highest BCUT2D eigenvalue weighted by molar-refractivity contribution is 5.77. The van der Waals surface area contributed by atoms with Gasteiger partial charge in [0.1, 0.15) is 11.4 Å². The molecular weight excluding hydrogens is 194 g/mol. The number of nitro groups is 2. The Morgan fingerprint density at radius 2 is 1.79 bits per heavy atom. The van der Waals surface area contributed by atoms with Gasteiger partial charge in [-0.25, -0.2) is 0 Å². The summed E-state index contributed by atoms with van der Waals surface area (Å²) in [6.07, 6.45) is 0.903. The fourth-order valence-corrected chi connectivity index (χ4v) is 0.832. The SMILES string of the molecule is Nc1cnc([N+](=O)[O-])c([N+](=O)[O-])c1N. The molecule has 0 radical (unpaired) electrons. The van der Waals surface area contributed by atoms with Crippen molar-refractivity contribution in [1.82, 2.24) is 4.98 Å². The zero-order valence-corrected chi connectivity index (χ0v) is 6.71. The lowest BCUT2D eigenvalue weighted by molar-refractivity contribution is -0.425. The van der Waals surface area contributed by atoms with Crippen LogP contribution in [0.1, 0.15) is 0 Å². The van der Waals surface area contributed by atoms with Gasteiger partial charge in [0.05, 0.1) is 4.92 Å². The molecule has 14 heavy (non-hydrogen) atoms. The van der Waals surface area contributed by atoms with Gasteiger partial charge in [-0.3, -0.25) is 10.1 Å². The fraction of sp³-hybridized carbons (Fsp3) is 0. The number of hydrogen-bond donors (Lipinski definition) is 2. The van der Waals surface area contributed by atoms with Crippen molar-refractivity contribution < 1.29 is 9.85 Å². The predicted molar refractivity (Wildman–Crippen MR) is 46.4 cm³/mol. The van der Waals surface area contributed by atoms with Crippen LogP contribution in [0, 0.1) is 20.2 Å². The van der Waals surface area contributed by atoms with Crippen molar-refractivity contribution in [2.24, 2.45) is 0 Å². The first-order valence-electron chi connectivity index (χ1n) is 3.28. The largest absolute Gasteiger partial charge is 0.444 e. The van der Waals surface area contributed by atoms with Crippen molar-refractivity contribution in [2.75, 3.05) is 11.5 Å². The highest BCUT2D eigenvalue weighted by Gasteiger charge is 2.30. The number of aromatic nitrogens is 1. The summed E-state index contributed by atoms with van der Waals surface area (Å²) in [6.45, 7) is 0. The lowest BCUT2D eigenvalue weighted by atomic mass is 10.3. The molecule has 0 aliphatic heterocycles. The minimum absolute atomic E-state index is 0.165. The number of hydrogen-bond acceptors (Lipinski definition) is 7. The van der Waals surface area contributed by atoms with Crippen LogP contribution in [0.3, 0.4) is 0 Å². The Balaban J connectivity index is 3.53. The number of nitrogens with zero attached hydrogens (tertiary/aromatic N) is 3. The Morgan fingerprint density at radius 3 is 2.21 bits per heavy atom. The molecule has 1 heterocycles. The van der Waals surface area contributed by atoms with Crippen LogP contribution < -0.4 is 11.5 Å². The third-order valence-electron chi connectivity index (χ3n) is 1.46. The second-order valence-corrected chi connectivity index (χ2v) is 2.31. The fourth-order valence-electron chi connectivity index (χ4n) is 0.832. The summed E-state index contributed by atoms with van der Waals surface area (Å²) in [5.74, 6) is -0.915. The summed E-state index contributed by atoms with van der Waals surface area (Å²) in [7, 11) is 0. The monoisotopic (exact) mass is 199 g/mol. The van der Waals surface area contributed by atoms with E-state index in [1.54, 1.807) is 0 Å². The van der Waals surface area contributed by atoms with Crippen LogP contribution in [0.4, 0.5) is 22.9 Å². The molecule has 0 fully saturated rings. The van der Waals surface area contributed by atoms with E-state index in [-0.39, 0.29) is 5.69 Å². The van der Waals surface area contributed by atoms with E-state index >= 15 is 0 Å². The van der Waals surface area contributed by atoms with Gasteiger partial charge in [-0.05, 0) is 9.91 Å². The zero-order valence-electron chi connectivity index (χ0n) is 6.71. The average Bonchev–Trinajstić information content (AvgIpc) is 2.08. The van der Waals surface area contributed by atoms with Gasteiger partial charge in [0.2, 0.25) is 0 Å². The Kier molecular flexibility index (Phi) is 2.15. The van der Waals surface area contributed by atoms with E-state index in [1.807, 2.05) is 0 Å². The molecule has 0 saturated heterocycles. The van der Waals surface area contributed by atoms with Crippen LogP contribution in [-0.4, -0.2) is 14.8 Å². The van der Waals surface area contributed by atoms with Crippen LogP contribution in [0.2, 0.25) is 0 Å². The van der Waals surface area contributed by atoms with Gasteiger partial charge in [0.25, 0.3) is 0 Å². The lowest BCUT2D eigenvalue weighted by Crippen LogP contribution is -2.05. The van der Waals surface area contributed by atoms with Gasteiger partial charge in [-0.1, -0.05) is 0 Å². The van der Waals surface area contributed by atoms with Crippen molar-refractivity contribution in [3.8, 4) is 0 Å². The molecular formula is C5H5N5O4. The maximum absolute atomic E-state index is 10.4. The molecule has 0 atom stereocenters. The second-order valence-electron chi connectivity index (χ2n) is 2.31. The van der Waals surface area contributed by atoms with E-state index < -0.39 is 27.0 Å². The van der Waals surface area contributed by atoms with E-state index in [9.17, 15) is 20.2 Å². The highest BCUT2D eigenvalue weighted by atomic mass is 16.6. The minimum Gasteiger partial charge on any atom is -0.394 e. The van der Waals surface area contributed by atoms with E-state index in [2.05, 4.69) is 4.98 Å². The third kappa shape index (κ3) is 1.37. The van der Waals surface area contributed by atoms with Crippen molar-refractivity contribution in [2.45, 2.75) is 0 Å². The average molecular weight is 199 g/mol. The molecule has 1 aromatic rings. The van der Waals surface area contributed by atoms with Gasteiger partial charge < -0.3 is 21.6 Å². The van der Waals surface area contributed by atoms with Crippen LogP contribution in [0.15, 0.2) is 6.20 Å². The Labute approximate surface area is 76.6 Å². The molecule has 0 aliphatic carbocycles. The van der Waals surface area contributed by atoms with Crippen molar-refractivity contribution >= 4 is 22.9 Å². The molecule has 0 saturated carbocycles. The smallest absolute Gasteiger partial charge is 0.394 e. The molecule has 0 aliphatic rings. The van der Waals surface area contributed by atoms with Crippen LogP contribution >= 0.6 is 0 Å². The van der Waals surface area contributed by atoms with Gasteiger partial charge in [-0.2, -0.15) is 0 Å². The first-order chi connectivity index (χ1) is 6.45. The minimum atomic E-state index is -0.992. The van der Waals surface area contributed by atoms with E-state index in [0.717, 1.165) is 6.20 Å². The highest BCUT2D eigenvalue weighted by Crippen LogP contribution is 2.33. The molecule has 0 spiro atoms. The summed E-state index contributed by atoms with van der Waals surface area (Å²) in [4.78, 5) is 22.0. The summed E-state index contributed by atoms with van der Waals surface area (Å²) < 4.78 is 0. The van der Waals surface area contributed by atoms with Crippen LogP contribution in [0.5, 0.6) is 0 Å². The van der Waals surface area contributed by atoms with E-state index in [0.29, 0.717) is 0 Å². The molecule has 9 nitrogen and oxygen atoms in total. The van der Waals surface area contributed by atoms with Crippen molar-refractivity contribution in [1.29, 1.82) is 0 Å². The van der Waals surface area contributed by atoms with Crippen LogP contribution in [-0.2, 0) is 0 Å². The van der Waals surface area contributed by atoms with E-state index in [1.165, 1.54) is 0 Å². The second kappa shape index (κ2) is 3.12. The van der Waals surface area contributed by atoms with Gasteiger partial charge >= 0.3 is 11.5 Å². The molecule has 9 heteroatoms. The van der Waals surface area contributed by atoms with Crippen molar-refractivity contribution in [3.05, 3.63) is 26.4 Å². The third-order valence-corrected chi connectivity index (χ3v) is 1.46. The Morgan fingerprint density at radius 1 is 1.21 bits per heavy atom. The molecule has 1 aromatic heterocycles. The zero-order chi connectivity index (χ0) is 10.9. The van der Waals surface area contributed by atoms with Gasteiger partial charge in [-0.15, -0.1) is 0 Å². The molecule has 0 aromatic carbocycles. The molecule has 0 unspecified atom stereocenters. The Bertz CT molecular complexity index is 417. The first-order valence-corrected chi connectivity index (χ1v) is 3.28. The normalized spacial score (nSPS) is 9.71.